The molecule has 2 unspecified atom stereocenters. The Balaban J connectivity index is 1.88. The molecule has 1 aromatic carbocycles. The number of hydrogen-bond acceptors (Lipinski definition) is 3. The van der Waals surface area contributed by atoms with E-state index in [0.29, 0.717) is 6.61 Å². The summed E-state index contributed by atoms with van der Waals surface area (Å²) >= 11 is 0. The van der Waals surface area contributed by atoms with Crippen LogP contribution in [-0.2, 0) is 0 Å². The van der Waals surface area contributed by atoms with Crippen LogP contribution in [0.25, 0.3) is 0 Å². The Labute approximate surface area is 123 Å². The standard InChI is InChI=1S/C17H28N2O/c1-3-20-16-8-6-15(7-9-16)17(18)13-19-11-4-5-14(2)10-12-19/h6-9,14,17H,3-5,10-13,18H2,1-2H3. The van der Waals surface area contributed by atoms with Gasteiger partial charge >= 0.3 is 0 Å². The van der Waals surface area contributed by atoms with Gasteiger partial charge in [0.25, 0.3) is 0 Å². The fraction of sp³-hybridized carbons (Fsp3) is 0.647. The number of hydrogen-bond donors (Lipinski definition) is 1. The molecule has 2 atom stereocenters. The number of likely N-dealkylation sites (tertiary alicyclic amines) is 1. The maximum atomic E-state index is 6.35. The smallest absolute Gasteiger partial charge is 0.119 e. The van der Waals surface area contributed by atoms with E-state index in [1.54, 1.807) is 0 Å². The second-order valence-electron chi connectivity index (χ2n) is 5.95. The molecule has 1 aliphatic rings. The van der Waals surface area contributed by atoms with E-state index >= 15 is 0 Å². The molecular formula is C17H28N2O. The summed E-state index contributed by atoms with van der Waals surface area (Å²) in [6.45, 7) is 8.40. The van der Waals surface area contributed by atoms with E-state index in [1.165, 1.54) is 37.9 Å². The van der Waals surface area contributed by atoms with E-state index in [2.05, 4.69) is 24.0 Å². The first-order valence-electron chi connectivity index (χ1n) is 7.89. The molecule has 1 aromatic rings. The van der Waals surface area contributed by atoms with E-state index in [-0.39, 0.29) is 6.04 Å². The largest absolute Gasteiger partial charge is 0.494 e. The monoisotopic (exact) mass is 276 g/mol. The third-order valence-electron chi connectivity index (χ3n) is 4.18. The summed E-state index contributed by atoms with van der Waals surface area (Å²) in [6, 6.07) is 8.32. The van der Waals surface area contributed by atoms with Crippen LogP contribution >= 0.6 is 0 Å². The molecule has 0 amide bonds. The highest BCUT2D eigenvalue weighted by Crippen LogP contribution is 2.20. The lowest BCUT2D eigenvalue weighted by Crippen LogP contribution is -2.33. The summed E-state index contributed by atoms with van der Waals surface area (Å²) < 4.78 is 5.47. The van der Waals surface area contributed by atoms with E-state index in [1.807, 2.05) is 19.1 Å². The molecular weight excluding hydrogens is 248 g/mol. The highest BCUT2D eigenvalue weighted by Gasteiger charge is 2.16. The zero-order valence-corrected chi connectivity index (χ0v) is 12.8. The average molecular weight is 276 g/mol. The SMILES string of the molecule is CCOc1ccc(C(N)CN2CCCC(C)CC2)cc1. The van der Waals surface area contributed by atoms with Crippen molar-refractivity contribution >= 4 is 0 Å². The van der Waals surface area contributed by atoms with Gasteiger partial charge in [0.15, 0.2) is 0 Å². The van der Waals surface area contributed by atoms with Crippen LogP contribution in [0.4, 0.5) is 0 Å². The van der Waals surface area contributed by atoms with Gasteiger partial charge in [-0.25, -0.2) is 0 Å². The van der Waals surface area contributed by atoms with Gasteiger partial charge in [-0.3, -0.25) is 0 Å². The summed E-state index contributed by atoms with van der Waals surface area (Å²) in [7, 11) is 0. The predicted octanol–water partition coefficient (Wildman–Crippen LogP) is 3.21. The van der Waals surface area contributed by atoms with Crippen molar-refractivity contribution in [2.24, 2.45) is 11.7 Å². The first-order chi connectivity index (χ1) is 9.69. The number of ether oxygens (including phenoxy) is 1. The zero-order chi connectivity index (χ0) is 14.4. The first-order valence-corrected chi connectivity index (χ1v) is 7.89. The van der Waals surface area contributed by atoms with Crippen LogP contribution in [0.15, 0.2) is 24.3 Å². The Morgan fingerprint density at radius 1 is 1.25 bits per heavy atom. The second kappa shape index (κ2) is 7.65. The average Bonchev–Trinajstić information content (AvgIpc) is 2.65. The van der Waals surface area contributed by atoms with Crippen molar-refractivity contribution in [2.45, 2.75) is 39.2 Å². The molecule has 1 saturated heterocycles. The number of benzene rings is 1. The van der Waals surface area contributed by atoms with Gasteiger partial charge in [-0.2, -0.15) is 0 Å². The molecule has 1 fully saturated rings. The van der Waals surface area contributed by atoms with Gasteiger partial charge in [-0.05, 0) is 62.9 Å². The molecule has 0 radical (unpaired) electrons. The predicted molar refractivity (Wildman–Crippen MR) is 84.0 cm³/mol. The lowest BCUT2D eigenvalue weighted by Gasteiger charge is -2.24. The number of nitrogens with two attached hydrogens (primary N) is 1. The van der Waals surface area contributed by atoms with Crippen molar-refractivity contribution in [3.63, 3.8) is 0 Å². The topological polar surface area (TPSA) is 38.5 Å². The van der Waals surface area contributed by atoms with Crippen LogP contribution in [0.5, 0.6) is 5.75 Å². The van der Waals surface area contributed by atoms with Gasteiger partial charge in [0, 0.05) is 12.6 Å². The molecule has 0 spiro atoms. The third-order valence-corrected chi connectivity index (χ3v) is 4.18. The fourth-order valence-electron chi connectivity index (χ4n) is 2.87. The lowest BCUT2D eigenvalue weighted by atomic mass is 10.0. The molecule has 112 valence electrons. The van der Waals surface area contributed by atoms with E-state index in [9.17, 15) is 0 Å². The molecule has 0 saturated carbocycles. The highest BCUT2D eigenvalue weighted by atomic mass is 16.5. The zero-order valence-electron chi connectivity index (χ0n) is 12.8. The number of rotatable bonds is 5. The summed E-state index contributed by atoms with van der Waals surface area (Å²) in [5, 5.41) is 0. The Morgan fingerprint density at radius 3 is 2.70 bits per heavy atom. The van der Waals surface area contributed by atoms with E-state index in [0.717, 1.165) is 18.2 Å². The Bertz CT molecular complexity index is 390. The third kappa shape index (κ3) is 4.50. The van der Waals surface area contributed by atoms with Gasteiger partial charge in [-0.15, -0.1) is 0 Å². The van der Waals surface area contributed by atoms with Crippen molar-refractivity contribution in [3.8, 4) is 5.75 Å². The van der Waals surface area contributed by atoms with Gasteiger partial charge in [0.05, 0.1) is 6.61 Å². The van der Waals surface area contributed by atoms with Crippen LogP contribution in [-0.4, -0.2) is 31.1 Å². The van der Waals surface area contributed by atoms with Gasteiger partial charge < -0.3 is 15.4 Å². The summed E-state index contributed by atoms with van der Waals surface area (Å²) in [4.78, 5) is 2.52. The van der Waals surface area contributed by atoms with Gasteiger partial charge in [-0.1, -0.05) is 19.1 Å². The molecule has 20 heavy (non-hydrogen) atoms. The molecule has 1 heterocycles. The molecule has 0 aliphatic carbocycles. The summed E-state index contributed by atoms with van der Waals surface area (Å²) in [6.07, 6.45) is 3.96. The van der Waals surface area contributed by atoms with Crippen molar-refractivity contribution in [3.05, 3.63) is 29.8 Å². The fourth-order valence-corrected chi connectivity index (χ4v) is 2.87. The van der Waals surface area contributed by atoms with Crippen molar-refractivity contribution in [2.75, 3.05) is 26.2 Å². The molecule has 1 aliphatic heterocycles. The van der Waals surface area contributed by atoms with Crippen LogP contribution in [0, 0.1) is 5.92 Å². The Hall–Kier alpha value is -1.06. The van der Waals surface area contributed by atoms with Crippen LogP contribution in [0.1, 0.15) is 44.7 Å². The van der Waals surface area contributed by atoms with E-state index in [4.69, 9.17) is 10.5 Å². The normalized spacial score (nSPS) is 22.2. The van der Waals surface area contributed by atoms with Gasteiger partial charge in [0.1, 0.15) is 5.75 Å². The minimum atomic E-state index is 0.0964. The minimum absolute atomic E-state index is 0.0964. The first kappa shape index (κ1) is 15.3. The van der Waals surface area contributed by atoms with Crippen LogP contribution in [0.2, 0.25) is 0 Å². The molecule has 2 N–H and O–H groups in total. The van der Waals surface area contributed by atoms with E-state index < -0.39 is 0 Å². The van der Waals surface area contributed by atoms with Gasteiger partial charge in [0.2, 0.25) is 0 Å². The highest BCUT2D eigenvalue weighted by molar-refractivity contribution is 5.29. The van der Waals surface area contributed by atoms with Crippen LogP contribution < -0.4 is 10.5 Å². The number of nitrogens with zero attached hydrogens (tertiary/aromatic N) is 1. The molecule has 3 heteroatoms. The quantitative estimate of drug-likeness (QED) is 0.897. The maximum absolute atomic E-state index is 6.35. The van der Waals surface area contributed by atoms with Crippen molar-refractivity contribution in [1.82, 2.24) is 4.90 Å². The second-order valence-corrected chi connectivity index (χ2v) is 5.95. The maximum Gasteiger partial charge on any atom is 0.119 e. The molecule has 3 nitrogen and oxygen atoms in total. The minimum Gasteiger partial charge on any atom is -0.494 e. The summed E-state index contributed by atoms with van der Waals surface area (Å²) in [5.74, 6) is 1.79. The van der Waals surface area contributed by atoms with Crippen molar-refractivity contribution < 1.29 is 4.74 Å². The molecule has 0 aromatic heterocycles. The molecule has 2 rings (SSSR count). The molecule has 0 bridgehead atoms. The van der Waals surface area contributed by atoms with Crippen LogP contribution in [0.3, 0.4) is 0 Å². The summed E-state index contributed by atoms with van der Waals surface area (Å²) in [5.41, 5.74) is 7.55. The van der Waals surface area contributed by atoms with Crippen molar-refractivity contribution in [1.29, 1.82) is 0 Å². The Morgan fingerprint density at radius 2 is 2.00 bits per heavy atom. The lowest BCUT2D eigenvalue weighted by molar-refractivity contribution is 0.265. The Kier molecular flexibility index (Phi) is 5.86.